The smallest absolute Gasteiger partial charge is 0.407 e. The summed E-state index contributed by atoms with van der Waals surface area (Å²) in [5, 5.41) is 2.92. The van der Waals surface area contributed by atoms with Crippen LogP contribution in [0.2, 0.25) is 0 Å². The summed E-state index contributed by atoms with van der Waals surface area (Å²) in [6.45, 7) is 7.02. The third kappa shape index (κ3) is 8.72. The van der Waals surface area contributed by atoms with Gasteiger partial charge in [0.2, 0.25) is 0 Å². The number of thioether (sulfide) groups is 1. The van der Waals surface area contributed by atoms with Gasteiger partial charge in [0.05, 0.1) is 0 Å². The Bertz CT molecular complexity index is 482. The number of rotatable bonds is 6. The molecule has 122 valence electrons. The summed E-state index contributed by atoms with van der Waals surface area (Å²) in [4.78, 5) is 23.1. The maximum atomic E-state index is 11.9. The maximum Gasteiger partial charge on any atom is 0.407 e. The van der Waals surface area contributed by atoms with E-state index < -0.39 is 11.7 Å². The fourth-order valence-corrected chi connectivity index (χ4v) is 2.56. The van der Waals surface area contributed by atoms with Crippen LogP contribution in [0.25, 0.3) is 0 Å². The standard InChI is InChI=1S/C17H25NO3S/c1-13(19)22-12-15(18-16(20)21-17(2,3)4)11-10-14-8-6-5-7-9-14/h5-9,15H,10-12H2,1-4H3,(H,18,20)/t15-/m0/s1. The number of aryl methyl sites for hydroxylation is 1. The first kappa shape index (κ1) is 18.6. The fraction of sp³-hybridized carbons (Fsp3) is 0.529. The molecule has 1 aromatic carbocycles. The van der Waals surface area contributed by atoms with Gasteiger partial charge in [0.1, 0.15) is 5.60 Å². The van der Waals surface area contributed by atoms with Crippen LogP contribution < -0.4 is 5.32 Å². The van der Waals surface area contributed by atoms with E-state index >= 15 is 0 Å². The summed E-state index contributed by atoms with van der Waals surface area (Å²) in [6, 6.07) is 9.99. The third-order valence-electron chi connectivity index (χ3n) is 2.83. The molecule has 0 unspecified atom stereocenters. The third-order valence-corrected chi connectivity index (χ3v) is 3.81. The minimum atomic E-state index is -0.526. The highest BCUT2D eigenvalue weighted by molar-refractivity contribution is 8.13. The minimum absolute atomic E-state index is 0.0516. The van der Waals surface area contributed by atoms with E-state index in [4.69, 9.17) is 4.74 Å². The molecule has 1 atom stereocenters. The molecular weight excluding hydrogens is 298 g/mol. The van der Waals surface area contributed by atoms with Gasteiger partial charge >= 0.3 is 6.09 Å². The van der Waals surface area contributed by atoms with Crippen molar-refractivity contribution in [3.05, 3.63) is 35.9 Å². The number of carbonyl (C=O) groups is 2. The summed E-state index contributed by atoms with van der Waals surface area (Å²) < 4.78 is 5.28. The lowest BCUT2D eigenvalue weighted by Gasteiger charge is -2.23. The monoisotopic (exact) mass is 323 g/mol. The molecule has 0 bridgehead atoms. The first-order valence-electron chi connectivity index (χ1n) is 7.43. The van der Waals surface area contributed by atoms with Crippen molar-refractivity contribution in [2.45, 2.75) is 52.2 Å². The predicted octanol–water partition coefficient (Wildman–Crippen LogP) is 3.79. The summed E-state index contributed by atoms with van der Waals surface area (Å²) in [5.74, 6) is 0.557. The molecular formula is C17H25NO3S. The van der Waals surface area contributed by atoms with Crippen LogP contribution in [-0.2, 0) is 16.0 Å². The Morgan fingerprint density at radius 2 is 1.86 bits per heavy atom. The highest BCUT2D eigenvalue weighted by atomic mass is 32.2. The molecule has 0 aliphatic heterocycles. The van der Waals surface area contributed by atoms with E-state index in [1.165, 1.54) is 24.2 Å². The lowest BCUT2D eigenvalue weighted by atomic mass is 10.1. The molecule has 0 saturated carbocycles. The number of alkyl carbamates (subject to hydrolysis) is 1. The van der Waals surface area contributed by atoms with Crippen LogP contribution >= 0.6 is 11.8 Å². The van der Waals surface area contributed by atoms with Crippen molar-refractivity contribution in [1.82, 2.24) is 5.32 Å². The first-order chi connectivity index (χ1) is 10.3. The Morgan fingerprint density at radius 1 is 1.23 bits per heavy atom. The van der Waals surface area contributed by atoms with E-state index in [0.29, 0.717) is 5.75 Å². The summed E-state index contributed by atoms with van der Waals surface area (Å²) in [7, 11) is 0. The highest BCUT2D eigenvalue weighted by Gasteiger charge is 2.20. The number of hydrogen-bond donors (Lipinski definition) is 1. The van der Waals surface area contributed by atoms with Gasteiger partial charge in [0.15, 0.2) is 5.12 Å². The molecule has 1 amide bonds. The zero-order chi connectivity index (χ0) is 16.6. The number of nitrogens with one attached hydrogen (secondary N) is 1. The Labute approximate surface area is 137 Å². The number of ether oxygens (including phenoxy) is 1. The quantitative estimate of drug-likeness (QED) is 0.865. The van der Waals surface area contributed by atoms with Crippen molar-refractivity contribution in [3.63, 3.8) is 0 Å². The van der Waals surface area contributed by atoms with Crippen molar-refractivity contribution in [2.24, 2.45) is 0 Å². The first-order valence-corrected chi connectivity index (χ1v) is 8.41. The molecule has 0 spiro atoms. The van der Waals surface area contributed by atoms with E-state index in [-0.39, 0.29) is 11.2 Å². The Hall–Kier alpha value is -1.49. The van der Waals surface area contributed by atoms with Crippen molar-refractivity contribution in [3.8, 4) is 0 Å². The molecule has 4 nitrogen and oxygen atoms in total. The molecule has 1 rings (SSSR count). The highest BCUT2D eigenvalue weighted by Crippen LogP contribution is 2.12. The van der Waals surface area contributed by atoms with Crippen LogP contribution in [-0.4, -0.2) is 28.6 Å². The number of amides is 1. The van der Waals surface area contributed by atoms with Gasteiger partial charge in [-0.1, -0.05) is 42.1 Å². The average molecular weight is 323 g/mol. The molecule has 0 aliphatic rings. The van der Waals surface area contributed by atoms with Crippen LogP contribution in [0.15, 0.2) is 30.3 Å². The van der Waals surface area contributed by atoms with E-state index in [9.17, 15) is 9.59 Å². The van der Waals surface area contributed by atoms with Gasteiger partial charge in [-0.3, -0.25) is 4.79 Å². The Balaban J connectivity index is 2.55. The maximum absolute atomic E-state index is 11.9. The molecule has 0 radical (unpaired) electrons. The van der Waals surface area contributed by atoms with Gasteiger partial charge in [0.25, 0.3) is 0 Å². The average Bonchev–Trinajstić information content (AvgIpc) is 2.41. The predicted molar refractivity (Wildman–Crippen MR) is 91.1 cm³/mol. The lowest BCUT2D eigenvalue weighted by Crippen LogP contribution is -2.40. The molecule has 0 aromatic heterocycles. The van der Waals surface area contributed by atoms with Crippen molar-refractivity contribution in [2.75, 3.05) is 5.75 Å². The molecule has 0 aliphatic carbocycles. The summed E-state index contributed by atoms with van der Waals surface area (Å²) in [5.41, 5.74) is 0.688. The zero-order valence-corrected chi connectivity index (χ0v) is 14.5. The number of benzene rings is 1. The van der Waals surface area contributed by atoms with Crippen LogP contribution in [0.3, 0.4) is 0 Å². The molecule has 5 heteroatoms. The van der Waals surface area contributed by atoms with Crippen molar-refractivity contribution >= 4 is 23.0 Å². The SMILES string of the molecule is CC(=O)SC[C@H](CCc1ccccc1)NC(=O)OC(C)(C)C. The van der Waals surface area contributed by atoms with Crippen molar-refractivity contribution in [1.29, 1.82) is 0 Å². The molecule has 22 heavy (non-hydrogen) atoms. The van der Waals surface area contributed by atoms with E-state index in [1.54, 1.807) is 0 Å². The topological polar surface area (TPSA) is 55.4 Å². The van der Waals surface area contributed by atoms with E-state index in [0.717, 1.165) is 12.8 Å². The Morgan fingerprint density at radius 3 is 2.41 bits per heavy atom. The number of carbonyl (C=O) groups excluding carboxylic acids is 2. The van der Waals surface area contributed by atoms with Crippen molar-refractivity contribution < 1.29 is 14.3 Å². The second-order valence-electron chi connectivity index (χ2n) is 6.17. The molecule has 0 heterocycles. The Kier molecular flexibility index (Phi) is 7.45. The molecule has 0 saturated heterocycles. The number of hydrogen-bond acceptors (Lipinski definition) is 4. The summed E-state index contributed by atoms with van der Waals surface area (Å²) in [6.07, 6.45) is 1.18. The second-order valence-corrected chi connectivity index (χ2v) is 7.37. The van der Waals surface area contributed by atoms with Gasteiger partial charge in [-0.2, -0.15) is 0 Å². The summed E-state index contributed by atoms with van der Waals surface area (Å²) >= 11 is 1.23. The normalized spacial score (nSPS) is 12.5. The van der Waals surface area contributed by atoms with Crippen LogP contribution in [0.5, 0.6) is 0 Å². The van der Waals surface area contributed by atoms with Gasteiger partial charge in [-0.15, -0.1) is 0 Å². The van der Waals surface area contributed by atoms with E-state index in [1.807, 2.05) is 39.0 Å². The van der Waals surface area contributed by atoms with Gasteiger partial charge in [0, 0.05) is 18.7 Å². The van der Waals surface area contributed by atoms with Gasteiger partial charge in [-0.25, -0.2) is 4.79 Å². The largest absolute Gasteiger partial charge is 0.444 e. The van der Waals surface area contributed by atoms with Crippen LogP contribution in [0.4, 0.5) is 4.79 Å². The lowest BCUT2D eigenvalue weighted by molar-refractivity contribution is -0.109. The van der Waals surface area contributed by atoms with Crippen LogP contribution in [0, 0.1) is 0 Å². The second kappa shape index (κ2) is 8.83. The van der Waals surface area contributed by atoms with Crippen LogP contribution in [0.1, 0.15) is 39.7 Å². The van der Waals surface area contributed by atoms with E-state index in [2.05, 4.69) is 17.4 Å². The fourth-order valence-electron chi connectivity index (χ4n) is 1.87. The molecule has 0 fully saturated rings. The molecule has 1 N–H and O–H groups in total. The zero-order valence-electron chi connectivity index (χ0n) is 13.7. The van der Waals surface area contributed by atoms with Gasteiger partial charge in [-0.05, 0) is 39.2 Å². The van der Waals surface area contributed by atoms with Gasteiger partial charge < -0.3 is 10.1 Å². The molecule has 1 aromatic rings. The minimum Gasteiger partial charge on any atom is -0.444 e.